The molecule has 4 nitrogen and oxygen atoms in total. The third-order valence-electron chi connectivity index (χ3n) is 1.80. The molecule has 6 heteroatoms. The van der Waals surface area contributed by atoms with Crippen LogP contribution in [-0.4, -0.2) is 19.9 Å². The first-order valence-corrected chi connectivity index (χ1v) is 6.49. The average Bonchev–Trinajstić information content (AvgIpc) is 2.14. The van der Waals surface area contributed by atoms with Gasteiger partial charge in [-0.1, -0.05) is 24.8 Å². The predicted octanol–water partition coefficient (Wildman–Crippen LogP) is 1.23. The number of nitrogens with one attached hydrogen (secondary N) is 1. The van der Waals surface area contributed by atoms with E-state index in [-0.39, 0.29) is 4.90 Å². The highest BCUT2D eigenvalue weighted by molar-refractivity contribution is 7.96. The van der Waals surface area contributed by atoms with Crippen molar-refractivity contribution in [2.75, 3.05) is 6.26 Å². The minimum Gasteiger partial charge on any atom is -0.343 e. The van der Waals surface area contributed by atoms with Crippen molar-refractivity contribution in [3.63, 3.8) is 0 Å². The van der Waals surface area contributed by atoms with Crippen LogP contribution in [0.1, 0.15) is 5.56 Å². The fourth-order valence-electron chi connectivity index (χ4n) is 1.03. The minimum absolute atomic E-state index is 0.267. The summed E-state index contributed by atoms with van der Waals surface area (Å²) in [7, 11) is -3.15. The summed E-state index contributed by atoms with van der Waals surface area (Å²) < 4.78 is 22.3. The number of carbonyl (C=O) groups excluding carboxylic acids is 1. The smallest absolute Gasteiger partial charge is 0.276 e. The summed E-state index contributed by atoms with van der Waals surface area (Å²) in [4.78, 5) is 10.8. The summed E-state index contributed by atoms with van der Waals surface area (Å²) in [5.74, 6) is 0. The van der Waals surface area contributed by atoms with Crippen molar-refractivity contribution in [1.82, 2.24) is 5.32 Å². The fourth-order valence-corrected chi connectivity index (χ4v) is 1.74. The predicted molar refractivity (Wildman–Crippen MR) is 60.8 cm³/mol. The standard InChI is InChI=1S/C9H11NO3S2/c1-15(12,13)8-4-2-7(3-5-8)6-10-9(11)14/h2-5H,6H2,1H3,(H2,10,11,14). The largest absolute Gasteiger partial charge is 0.343 e. The Kier molecular flexibility index (Phi) is 3.76. The van der Waals surface area contributed by atoms with Crippen LogP contribution < -0.4 is 5.32 Å². The molecule has 1 aromatic carbocycles. The summed E-state index contributed by atoms with van der Waals surface area (Å²) in [6, 6.07) is 6.32. The zero-order valence-electron chi connectivity index (χ0n) is 8.10. The lowest BCUT2D eigenvalue weighted by Crippen LogP contribution is -2.15. The average molecular weight is 245 g/mol. The second-order valence-corrected chi connectivity index (χ2v) is 5.50. The van der Waals surface area contributed by atoms with E-state index < -0.39 is 15.1 Å². The van der Waals surface area contributed by atoms with Crippen molar-refractivity contribution in [3.8, 4) is 0 Å². The quantitative estimate of drug-likeness (QED) is 0.787. The highest BCUT2D eigenvalue weighted by atomic mass is 32.2. The lowest BCUT2D eigenvalue weighted by atomic mass is 10.2. The zero-order valence-corrected chi connectivity index (χ0v) is 9.81. The number of hydrogen-bond acceptors (Lipinski definition) is 3. The van der Waals surface area contributed by atoms with Gasteiger partial charge in [-0.2, -0.15) is 0 Å². The van der Waals surface area contributed by atoms with E-state index >= 15 is 0 Å². The van der Waals surface area contributed by atoms with Crippen LogP contribution in [0.3, 0.4) is 0 Å². The Morgan fingerprint density at radius 1 is 1.33 bits per heavy atom. The maximum absolute atomic E-state index is 11.1. The molecule has 1 N–H and O–H groups in total. The van der Waals surface area contributed by atoms with E-state index in [1.54, 1.807) is 12.1 Å². The topological polar surface area (TPSA) is 63.2 Å². The van der Waals surface area contributed by atoms with E-state index in [4.69, 9.17) is 0 Å². The number of benzene rings is 1. The van der Waals surface area contributed by atoms with Crippen LogP contribution >= 0.6 is 12.6 Å². The lowest BCUT2D eigenvalue weighted by molar-refractivity contribution is 0.260. The van der Waals surface area contributed by atoms with Gasteiger partial charge in [-0.3, -0.25) is 4.79 Å². The van der Waals surface area contributed by atoms with Gasteiger partial charge in [0.25, 0.3) is 5.24 Å². The van der Waals surface area contributed by atoms with Crippen LogP contribution in [0.2, 0.25) is 0 Å². The Labute approximate surface area is 94.0 Å². The number of hydrogen-bond donors (Lipinski definition) is 2. The third-order valence-corrected chi connectivity index (χ3v) is 3.08. The van der Waals surface area contributed by atoms with Crippen molar-refractivity contribution < 1.29 is 13.2 Å². The van der Waals surface area contributed by atoms with Gasteiger partial charge >= 0.3 is 0 Å². The maximum Gasteiger partial charge on any atom is 0.276 e. The lowest BCUT2D eigenvalue weighted by Gasteiger charge is -2.03. The van der Waals surface area contributed by atoms with Gasteiger partial charge in [0.05, 0.1) is 4.90 Å². The van der Waals surface area contributed by atoms with E-state index in [0.717, 1.165) is 11.8 Å². The number of carbonyl (C=O) groups is 1. The van der Waals surface area contributed by atoms with Gasteiger partial charge < -0.3 is 5.32 Å². The second-order valence-electron chi connectivity index (χ2n) is 3.07. The van der Waals surface area contributed by atoms with Crippen LogP contribution in [0.4, 0.5) is 4.79 Å². The number of rotatable bonds is 3. The molecule has 0 aromatic heterocycles. The molecule has 0 fully saturated rings. The summed E-state index contributed by atoms with van der Waals surface area (Å²) >= 11 is 3.55. The van der Waals surface area contributed by atoms with Gasteiger partial charge in [0.15, 0.2) is 9.84 Å². The molecule has 0 atom stereocenters. The van der Waals surface area contributed by atoms with Gasteiger partial charge in [0.2, 0.25) is 0 Å². The molecule has 0 spiro atoms. The first-order chi connectivity index (χ1) is 6.89. The Morgan fingerprint density at radius 3 is 2.27 bits per heavy atom. The second kappa shape index (κ2) is 4.67. The zero-order chi connectivity index (χ0) is 11.5. The molecule has 1 amide bonds. The van der Waals surface area contributed by atoms with Crippen molar-refractivity contribution >= 4 is 27.7 Å². The Hall–Kier alpha value is -1.01. The van der Waals surface area contributed by atoms with Gasteiger partial charge in [0, 0.05) is 12.8 Å². The molecular weight excluding hydrogens is 234 g/mol. The van der Waals surface area contributed by atoms with Gasteiger partial charge in [0.1, 0.15) is 0 Å². The summed E-state index contributed by atoms with van der Waals surface area (Å²) in [5, 5.41) is 2.08. The van der Waals surface area contributed by atoms with Gasteiger partial charge in [-0.15, -0.1) is 0 Å². The highest BCUT2D eigenvalue weighted by Crippen LogP contribution is 2.10. The Morgan fingerprint density at radius 2 is 1.87 bits per heavy atom. The molecule has 15 heavy (non-hydrogen) atoms. The molecular formula is C9H11NO3S2. The summed E-state index contributed by atoms with van der Waals surface area (Å²) in [6.45, 7) is 0.340. The third kappa shape index (κ3) is 3.93. The molecule has 0 aliphatic rings. The first-order valence-electron chi connectivity index (χ1n) is 4.15. The molecule has 0 saturated heterocycles. The van der Waals surface area contributed by atoms with E-state index in [1.165, 1.54) is 12.1 Å². The van der Waals surface area contributed by atoms with E-state index in [0.29, 0.717) is 6.54 Å². The molecule has 0 unspecified atom stereocenters. The fraction of sp³-hybridized carbons (Fsp3) is 0.222. The SMILES string of the molecule is CS(=O)(=O)c1ccc(CNC(=O)S)cc1. The van der Waals surface area contributed by atoms with Gasteiger partial charge in [-0.25, -0.2) is 8.42 Å². The molecule has 0 radical (unpaired) electrons. The number of thiol groups is 1. The highest BCUT2D eigenvalue weighted by Gasteiger charge is 2.05. The number of amides is 1. The first kappa shape index (κ1) is 12.1. The van der Waals surface area contributed by atoms with Gasteiger partial charge in [-0.05, 0) is 17.7 Å². The van der Waals surface area contributed by atoms with Crippen molar-refractivity contribution in [2.45, 2.75) is 11.4 Å². The Bertz CT molecular complexity index is 451. The maximum atomic E-state index is 11.1. The van der Waals surface area contributed by atoms with Crippen molar-refractivity contribution in [2.24, 2.45) is 0 Å². The van der Waals surface area contributed by atoms with E-state index in [9.17, 15) is 13.2 Å². The molecule has 1 rings (SSSR count). The molecule has 0 aliphatic carbocycles. The van der Waals surface area contributed by atoms with E-state index in [2.05, 4.69) is 17.9 Å². The monoisotopic (exact) mass is 245 g/mol. The Balaban J connectivity index is 2.77. The van der Waals surface area contributed by atoms with Crippen LogP contribution in [0.5, 0.6) is 0 Å². The summed E-state index contributed by atoms with van der Waals surface area (Å²) in [5.41, 5.74) is 0.824. The molecule has 0 saturated carbocycles. The van der Waals surface area contributed by atoms with E-state index in [1.807, 2.05) is 0 Å². The van der Waals surface area contributed by atoms with Crippen LogP contribution in [0.25, 0.3) is 0 Å². The number of sulfone groups is 1. The van der Waals surface area contributed by atoms with Crippen molar-refractivity contribution in [1.29, 1.82) is 0 Å². The van der Waals surface area contributed by atoms with Crippen LogP contribution in [0.15, 0.2) is 29.2 Å². The molecule has 0 bridgehead atoms. The molecule has 0 aliphatic heterocycles. The normalized spacial score (nSPS) is 11.1. The molecule has 82 valence electrons. The van der Waals surface area contributed by atoms with Crippen LogP contribution in [-0.2, 0) is 16.4 Å². The minimum atomic E-state index is -3.15. The summed E-state index contributed by atoms with van der Waals surface area (Å²) in [6.07, 6.45) is 1.15. The van der Waals surface area contributed by atoms with Crippen molar-refractivity contribution in [3.05, 3.63) is 29.8 Å². The molecule has 1 aromatic rings. The molecule has 0 heterocycles. The van der Waals surface area contributed by atoms with Crippen LogP contribution in [0, 0.1) is 0 Å².